The summed E-state index contributed by atoms with van der Waals surface area (Å²) in [5.74, 6) is 1.30. The summed E-state index contributed by atoms with van der Waals surface area (Å²) < 4.78 is 10.3. The summed E-state index contributed by atoms with van der Waals surface area (Å²) in [7, 11) is 0. The number of oxazole rings is 1. The quantitative estimate of drug-likeness (QED) is 0.677. The van der Waals surface area contributed by atoms with Crippen molar-refractivity contribution in [3.8, 4) is 23.0 Å². The van der Waals surface area contributed by atoms with Crippen molar-refractivity contribution in [3.05, 3.63) is 30.4 Å². The molecular formula is C11H9N5O2. The summed E-state index contributed by atoms with van der Waals surface area (Å²) in [4.78, 5) is 16.4. The van der Waals surface area contributed by atoms with Gasteiger partial charge in [-0.1, -0.05) is 5.16 Å². The zero-order valence-electron chi connectivity index (χ0n) is 9.78. The Morgan fingerprint density at radius 3 is 2.78 bits per heavy atom. The fourth-order valence-corrected chi connectivity index (χ4v) is 1.50. The van der Waals surface area contributed by atoms with Gasteiger partial charge in [0.1, 0.15) is 18.3 Å². The van der Waals surface area contributed by atoms with Crippen molar-refractivity contribution in [1.82, 2.24) is 25.1 Å². The molecule has 0 fully saturated rings. The first-order valence-corrected chi connectivity index (χ1v) is 5.27. The van der Waals surface area contributed by atoms with E-state index in [0.29, 0.717) is 28.9 Å². The average molecular weight is 243 g/mol. The van der Waals surface area contributed by atoms with Crippen LogP contribution < -0.4 is 0 Å². The van der Waals surface area contributed by atoms with E-state index in [2.05, 4.69) is 25.1 Å². The van der Waals surface area contributed by atoms with Gasteiger partial charge in [-0.25, -0.2) is 15.0 Å². The van der Waals surface area contributed by atoms with Crippen molar-refractivity contribution < 1.29 is 8.94 Å². The molecule has 7 nitrogen and oxygen atoms in total. The van der Waals surface area contributed by atoms with E-state index in [0.717, 1.165) is 5.69 Å². The maximum Gasteiger partial charge on any atom is 0.261 e. The number of rotatable bonds is 2. The Kier molecular flexibility index (Phi) is 2.36. The van der Waals surface area contributed by atoms with Gasteiger partial charge in [0, 0.05) is 13.1 Å². The lowest BCUT2D eigenvalue weighted by Gasteiger charge is -1.95. The normalized spacial score (nSPS) is 10.8. The van der Waals surface area contributed by atoms with Gasteiger partial charge in [0.2, 0.25) is 5.82 Å². The number of aromatic nitrogens is 5. The summed E-state index contributed by atoms with van der Waals surface area (Å²) in [6.07, 6.45) is 4.59. The first kappa shape index (κ1) is 10.6. The van der Waals surface area contributed by atoms with Gasteiger partial charge in [-0.15, -0.1) is 0 Å². The predicted octanol–water partition coefficient (Wildman–Crippen LogP) is 1.80. The van der Waals surface area contributed by atoms with E-state index >= 15 is 0 Å². The molecule has 0 aliphatic rings. The number of hydrogen-bond donors (Lipinski definition) is 0. The van der Waals surface area contributed by atoms with Crippen LogP contribution in [0.2, 0.25) is 0 Å². The zero-order chi connectivity index (χ0) is 12.5. The van der Waals surface area contributed by atoms with Gasteiger partial charge < -0.3 is 8.94 Å². The van der Waals surface area contributed by atoms with Crippen LogP contribution in [0.1, 0.15) is 11.6 Å². The maximum atomic E-state index is 5.17. The van der Waals surface area contributed by atoms with Gasteiger partial charge in [-0.2, -0.15) is 4.98 Å². The van der Waals surface area contributed by atoms with Crippen LogP contribution in [0.15, 0.2) is 27.7 Å². The first-order chi connectivity index (χ1) is 8.74. The zero-order valence-corrected chi connectivity index (χ0v) is 9.78. The second-order valence-corrected chi connectivity index (χ2v) is 3.70. The Bertz CT molecular complexity index is 688. The topological polar surface area (TPSA) is 90.7 Å². The third-order valence-corrected chi connectivity index (χ3v) is 2.42. The standard InChI is InChI=1S/C11H9N5O2/c1-6-8(3-12-5-13-6)11-15-10(16-18-11)9-4-17-7(2)14-9/h3-5H,1-2H3. The Morgan fingerprint density at radius 1 is 1.17 bits per heavy atom. The number of hydrogen-bond acceptors (Lipinski definition) is 7. The van der Waals surface area contributed by atoms with Crippen LogP contribution in [-0.2, 0) is 0 Å². The lowest BCUT2D eigenvalue weighted by atomic mass is 10.2. The average Bonchev–Trinajstić information content (AvgIpc) is 2.98. The molecule has 0 amide bonds. The van der Waals surface area contributed by atoms with Gasteiger partial charge in [0.25, 0.3) is 5.89 Å². The summed E-state index contributed by atoms with van der Waals surface area (Å²) in [5.41, 5.74) is 2.02. The van der Waals surface area contributed by atoms with Crippen molar-refractivity contribution in [1.29, 1.82) is 0 Å². The molecule has 0 bridgehead atoms. The lowest BCUT2D eigenvalue weighted by Crippen LogP contribution is -1.89. The summed E-state index contributed by atoms with van der Waals surface area (Å²) in [6, 6.07) is 0. The molecule has 0 aliphatic heterocycles. The minimum absolute atomic E-state index is 0.365. The first-order valence-electron chi connectivity index (χ1n) is 5.27. The predicted molar refractivity (Wildman–Crippen MR) is 60.3 cm³/mol. The van der Waals surface area contributed by atoms with Crippen LogP contribution in [0.3, 0.4) is 0 Å². The van der Waals surface area contributed by atoms with Crippen molar-refractivity contribution in [2.45, 2.75) is 13.8 Å². The number of aryl methyl sites for hydroxylation is 2. The molecule has 0 unspecified atom stereocenters. The Morgan fingerprint density at radius 2 is 2.06 bits per heavy atom. The number of nitrogens with zero attached hydrogens (tertiary/aromatic N) is 5. The van der Waals surface area contributed by atoms with E-state index in [-0.39, 0.29) is 0 Å². The van der Waals surface area contributed by atoms with E-state index in [1.807, 2.05) is 6.92 Å². The molecule has 3 aromatic heterocycles. The molecule has 3 heterocycles. The smallest absolute Gasteiger partial charge is 0.261 e. The fourth-order valence-electron chi connectivity index (χ4n) is 1.50. The van der Waals surface area contributed by atoms with Crippen molar-refractivity contribution >= 4 is 0 Å². The van der Waals surface area contributed by atoms with Crippen LogP contribution in [-0.4, -0.2) is 25.1 Å². The van der Waals surface area contributed by atoms with Crippen LogP contribution in [0, 0.1) is 13.8 Å². The second kappa shape index (κ2) is 4.02. The lowest BCUT2D eigenvalue weighted by molar-refractivity contribution is 0.431. The van der Waals surface area contributed by atoms with Gasteiger partial charge in [-0.05, 0) is 6.92 Å². The van der Waals surface area contributed by atoms with E-state index in [4.69, 9.17) is 8.94 Å². The molecule has 7 heteroatoms. The van der Waals surface area contributed by atoms with Crippen LogP contribution in [0.4, 0.5) is 0 Å². The molecule has 0 saturated carbocycles. The largest absolute Gasteiger partial charge is 0.449 e. The Hall–Kier alpha value is -2.57. The highest BCUT2D eigenvalue weighted by molar-refractivity contribution is 5.57. The maximum absolute atomic E-state index is 5.17. The van der Waals surface area contributed by atoms with E-state index in [9.17, 15) is 0 Å². The molecule has 0 atom stereocenters. The molecule has 3 rings (SSSR count). The third-order valence-electron chi connectivity index (χ3n) is 2.42. The van der Waals surface area contributed by atoms with Crippen LogP contribution in [0.5, 0.6) is 0 Å². The van der Waals surface area contributed by atoms with Gasteiger partial charge >= 0.3 is 0 Å². The van der Waals surface area contributed by atoms with E-state index in [1.165, 1.54) is 12.6 Å². The summed E-state index contributed by atoms with van der Waals surface area (Å²) in [5, 5.41) is 3.85. The van der Waals surface area contributed by atoms with Crippen LogP contribution in [0.25, 0.3) is 23.0 Å². The van der Waals surface area contributed by atoms with Gasteiger partial charge in [-0.3, -0.25) is 0 Å². The minimum Gasteiger partial charge on any atom is -0.449 e. The van der Waals surface area contributed by atoms with E-state index < -0.39 is 0 Å². The molecular weight excluding hydrogens is 234 g/mol. The molecule has 0 aromatic carbocycles. The highest BCUT2D eigenvalue weighted by Gasteiger charge is 2.15. The second-order valence-electron chi connectivity index (χ2n) is 3.70. The molecule has 0 aliphatic carbocycles. The molecule has 0 radical (unpaired) electrons. The Balaban J connectivity index is 2.02. The summed E-state index contributed by atoms with van der Waals surface area (Å²) in [6.45, 7) is 3.60. The molecule has 90 valence electrons. The molecule has 0 N–H and O–H groups in total. The van der Waals surface area contributed by atoms with E-state index in [1.54, 1.807) is 13.1 Å². The summed E-state index contributed by atoms with van der Waals surface area (Å²) >= 11 is 0. The third kappa shape index (κ3) is 1.75. The molecule has 3 aromatic rings. The van der Waals surface area contributed by atoms with Crippen LogP contribution >= 0.6 is 0 Å². The van der Waals surface area contributed by atoms with Crippen molar-refractivity contribution in [2.75, 3.05) is 0 Å². The minimum atomic E-state index is 0.365. The SMILES string of the molecule is Cc1nc(-c2noc(-c3cncnc3C)n2)co1. The van der Waals surface area contributed by atoms with Crippen molar-refractivity contribution in [2.24, 2.45) is 0 Å². The molecule has 0 spiro atoms. The highest BCUT2D eigenvalue weighted by atomic mass is 16.5. The molecule has 0 saturated heterocycles. The van der Waals surface area contributed by atoms with Gasteiger partial charge in [0.05, 0.1) is 11.3 Å². The fraction of sp³-hybridized carbons (Fsp3) is 0.182. The monoisotopic (exact) mass is 243 g/mol. The Labute approximate surface area is 102 Å². The van der Waals surface area contributed by atoms with Gasteiger partial charge in [0.15, 0.2) is 5.89 Å². The highest BCUT2D eigenvalue weighted by Crippen LogP contribution is 2.22. The molecule has 18 heavy (non-hydrogen) atoms. The van der Waals surface area contributed by atoms with Crippen molar-refractivity contribution in [3.63, 3.8) is 0 Å².